The van der Waals surface area contributed by atoms with Crippen molar-refractivity contribution in [1.82, 2.24) is 20.0 Å². The molecule has 2 aromatic rings. The van der Waals surface area contributed by atoms with Crippen LogP contribution < -0.4 is 4.90 Å². The highest BCUT2D eigenvalue weighted by Gasteiger charge is 2.38. The van der Waals surface area contributed by atoms with Gasteiger partial charge in [0.1, 0.15) is 11.4 Å². The predicted octanol–water partition coefficient (Wildman–Crippen LogP) is 1.06. The second-order valence-corrected chi connectivity index (χ2v) is 6.79. The Balaban J connectivity index is 1.50. The largest absolute Gasteiger partial charge is 0.386 e. The molecule has 0 bridgehead atoms. The first kappa shape index (κ1) is 18.3. The van der Waals surface area contributed by atoms with Crippen LogP contribution in [0.3, 0.4) is 0 Å². The van der Waals surface area contributed by atoms with Crippen LogP contribution in [-0.2, 0) is 17.6 Å². The molecule has 1 aliphatic rings. The van der Waals surface area contributed by atoms with Crippen molar-refractivity contribution in [3.05, 3.63) is 36.1 Å². The van der Waals surface area contributed by atoms with Crippen molar-refractivity contribution < 1.29 is 14.4 Å². The lowest BCUT2D eigenvalue weighted by molar-refractivity contribution is -0.132. The van der Waals surface area contributed by atoms with Gasteiger partial charge < -0.3 is 19.4 Å². The predicted molar refractivity (Wildman–Crippen MR) is 95.7 cm³/mol. The molecule has 26 heavy (non-hydrogen) atoms. The lowest BCUT2D eigenvalue weighted by Gasteiger charge is -2.29. The van der Waals surface area contributed by atoms with Crippen LogP contribution in [0.5, 0.6) is 0 Å². The van der Waals surface area contributed by atoms with Crippen molar-refractivity contribution in [2.45, 2.75) is 38.2 Å². The average Bonchev–Trinajstić information content (AvgIpc) is 3.27. The molecule has 1 saturated heterocycles. The number of pyridine rings is 1. The molecule has 0 saturated carbocycles. The number of hydrogen-bond donors (Lipinski definition) is 1. The maximum atomic E-state index is 12.4. The number of carbonyl (C=O) groups excluding carboxylic acids is 1. The quantitative estimate of drug-likeness (QED) is 0.790. The minimum atomic E-state index is -0.929. The molecule has 8 heteroatoms. The fourth-order valence-electron chi connectivity index (χ4n) is 3.19. The van der Waals surface area contributed by atoms with E-state index in [9.17, 15) is 9.90 Å². The van der Waals surface area contributed by atoms with Crippen LogP contribution in [0, 0.1) is 0 Å². The number of hydrogen-bond acceptors (Lipinski definition) is 7. The molecule has 140 valence electrons. The summed E-state index contributed by atoms with van der Waals surface area (Å²) in [5.41, 5.74) is -0.929. The fraction of sp³-hybridized carbons (Fsp3) is 0.556. The molecule has 0 aliphatic carbocycles. The van der Waals surface area contributed by atoms with Gasteiger partial charge in [-0.15, -0.1) is 0 Å². The summed E-state index contributed by atoms with van der Waals surface area (Å²) in [7, 11) is 1.72. The summed E-state index contributed by atoms with van der Waals surface area (Å²) in [6.45, 7) is 3.42. The van der Waals surface area contributed by atoms with Gasteiger partial charge in [0.15, 0.2) is 5.82 Å². The van der Waals surface area contributed by atoms with Gasteiger partial charge in [0.05, 0.1) is 6.54 Å². The van der Waals surface area contributed by atoms with Gasteiger partial charge in [-0.05, 0) is 18.6 Å². The Hall–Kier alpha value is -2.48. The fourth-order valence-corrected chi connectivity index (χ4v) is 3.19. The van der Waals surface area contributed by atoms with E-state index in [0.717, 1.165) is 12.4 Å². The third-order valence-corrected chi connectivity index (χ3v) is 4.64. The number of carbonyl (C=O) groups is 1. The van der Waals surface area contributed by atoms with Crippen LogP contribution in [0.25, 0.3) is 0 Å². The van der Waals surface area contributed by atoms with Crippen molar-refractivity contribution in [2.75, 3.05) is 31.6 Å². The van der Waals surface area contributed by atoms with Crippen LogP contribution in [0.2, 0.25) is 0 Å². The zero-order valence-electron chi connectivity index (χ0n) is 15.3. The summed E-state index contributed by atoms with van der Waals surface area (Å²) in [5.74, 6) is 1.92. The maximum absolute atomic E-state index is 12.4. The normalized spacial score (nSPS) is 19.7. The number of likely N-dealkylation sites (N-methyl/N-ethyl adjacent to an activating group) is 1. The first-order valence-corrected chi connectivity index (χ1v) is 8.93. The Morgan fingerprint density at radius 3 is 3.00 bits per heavy atom. The van der Waals surface area contributed by atoms with Gasteiger partial charge in [0.25, 0.3) is 0 Å². The number of nitrogens with zero attached hydrogens (tertiary/aromatic N) is 5. The summed E-state index contributed by atoms with van der Waals surface area (Å²) in [6, 6.07) is 5.72. The summed E-state index contributed by atoms with van der Waals surface area (Å²) in [5, 5.41) is 14.7. The molecule has 0 aromatic carbocycles. The monoisotopic (exact) mass is 359 g/mol. The van der Waals surface area contributed by atoms with Crippen molar-refractivity contribution >= 4 is 11.7 Å². The highest BCUT2D eigenvalue weighted by molar-refractivity contribution is 5.76. The third kappa shape index (κ3) is 4.37. The van der Waals surface area contributed by atoms with E-state index in [1.807, 2.05) is 30.0 Å². The molecule has 1 atom stereocenters. The zero-order chi connectivity index (χ0) is 18.6. The van der Waals surface area contributed by atoms with E-state index in [2.05, 4.69) is 15.1 Å². The average molecular weight is 359 g/mol. The van der Waals surface area contributed by atoms with Crippen molar-refractivity contribution in [1.29, 1.82) is 0 Å². The molecule has 3 rings (SSSR count). The van der Waals surface area contributed by atoms with Gasteiger partial charge >= 0.3 is 0 Å². The first-order chi connectivity index (χ1) is 12.5. The number of anilines is 1. The van der Waals surface area contributed by atoms with Gasteiger partial charge in [0, 0.05) is 45.6 Å². The van der Waals surface area contributed by atoms with E-state index in [-0.39, 0.29) is 12.3 Å². The molecular formula is C18H25N5O3. The number of rotatable bonds is 7. The Bertz CT molecular complexity index is 735. The molecule has 1 amide bonds. The molecule has 3 heterocycles. The molecule has 1 unspecified atom stereocenters. The van der Waals surface area contributed by atoms with Crippen LogP contribution >= 0.6 is 0 Å². The van der Waals surface area contributed by atoms with Gasteiger partial charge in [-0.3, -0.25) is 4.79 Å². The molecule has 0 radical (unpaired) electrons. The van der Waals surface area contributed by atoms with E-state index in [1.165, 1.54) is 0 Å². The number of aromatic nitrogens is 3. The van der Waals surface area contributed by atoms with E-state index >= 15 is 0 Å². The van der Waals surface area contributed by atoms with Crippen molar-refractivity contribution in [2.24, 2.45) is 0 Å². The molecule has 2 aromatic heterocycles. The minimum Gasteiger partial charge on any atom is -0.386 e. The molecule has 0 spiro atoms. The van der Waals surface area contributed by atoms with Crippen LogP contribution in [0.15, 0.2) is 28.9 Å². The van der Waals surface area contributed by atoms with Crippen molar-refractivity contribution in [3.8, 4) is 0 Å². The molecule has 1 fully saturated rings. The van der Waals surface area contributed by atoms with E-state index in [4.69, 9.17) is 4.52 Å². The summed E-state index contributed by atoms with van der Waals surface area (Å²) in [4.78, 5) is 24.5. The summed E-state index contributed by atoms with van der Waals surface area (Å²) < 4.78 is 5.11. The zero-order valence-corrected chi connectivity index (χ0v) is 15.3. The Labute approximate surface area is 152 Å². The second kappa shape index (κ2) is 7.82. The van der Waals surface area contributed by atoms with Gasteiger partial charge in [-0.2, -0.15) is 4.98 Å². The van der Waals surface area contributed by atoms with E-state index < -0.39 is 5.60 Å². The number of β-amino-alcohol motifs (C(OH)–C–C–N with tert-alkyl or cyclic N) is 1. The van der Waals surface area contributed by atoms with Crippen LogP contribution in [-0.4, -0.2) is 63.3 Å². The first-order valence-electron chi connectivity index (χ1n) is 8.93. The van der Waals surface area contributed by atoms with Crippen molar-refractivity contribution in [3.63, 3.8) is 0 Å². The number of aliphatic hydroxyl groups is 1. The Morgan fingerprint density at radius 1 is 1.46 bits per heavy atom. The molecular weight excluding hydrogens is 334 g/mol. The smallest absolute Gasteiger partial charge is 0.227 e. The van der Waals surface area contributed by atoms with Gasteiger partial charge in [-0.25, -0.2) is 4.98 Å². The van der Waals surface area contributed by atoms with Crippen LogP contribution in [0.1, 0.15) is 31.5 Å². The highest BCUT2D eigenvalue weighted by Crippen LogP contribution is 2.26. The van der Waals surface area contributed by atoms with Crippen LogP contribution in [0.4, 0.5) is 5.82 Å². The minimum absolute atomic E-state index is 0.0500. The molecule has 8 nitrogen and oxygen atoms in total. The van der Waals surface area contributed by atoms with Gasteiger partial charge in [-0.1, -0.05) is 18.1 Å². The lowest BCUT2D eigenvalue weighted by atomic mass is 10.0. The summed E-state index contributed by atoms with van der Waals surface area (Å²) >= 11 is 0. The number of amides is 1. The maximum Gasteiger partial charge on any atom is 0.227 e. The SMILES string of the molecule is CCc1noc(CCC(=O)N(C)CC2(O)CCN(c3ccccn3)C2)n1. The topological polar surface area (TPSA) is 95.6 Å². The standard InChI is InChI=1S/C18H25N5O3/c1-3-14-20-16(26-21-14)7-8-17(24)22(2)12-18(25)9-11-23(13-18)15-6-4-5-10-19-15/h4-6,10,25H,3,7-9,11-13H2,1-2H3. The second-order valence-electron chi connectivity index (χ2n) is 6.79. The third-order valence-electron chi connectivity index (χ3n) is 4.64. The van der Waals surface area contributed by atoms with E-state index in [0.29, 0.717) is 44.1 Å². The Morgan fingerprint density at radius 2 is 2.31 bits per heavy atom. The lowest BCUT2D eigenvalue weighted by Crippen LogP contribution is -2.46. The molecule has 1 N–H and O–H groups in total. The highest BCUT2D eigenvalue weighted by atomic mass is 16.5. The molecule has 1 aliphatic heterocycles. The van der Waals surface area contributed by atoms with Gasteiger partial charge in [0.2, 0.25) is 11.8 Å². The summed E-state index contributed by atoms with van der Waals surface area (Å²) in [6.07, 6.45) is 3.74. The van der Waals surface area contributed by atoms with E-state index in [1.54, 1.807) is 18.1 Å². The number of aryl methyl sites for hydroxylation is 2. The Kier molecular flexibility index (Phi) is 5.51.